The molecule has 1 heterocycles. The summed E-state index contributed by atoms with van der Waals surface area (Å²) >= 11 is 0. The number of nitriles is 1. The number of hydrogen-bond donors (Lipinski definition) is 0. The molecule has 0 N–H and O–H groups in total. The van der Waals surface area contributed by atoms with Crippen LogP contribution in [0.3, 0.4) is 0 Å². The van der Waals surface area contributed by atoms with Gasteiger partial charge in [-0.1, -0.05) is 13.8 Å². The summed E-state index contributed by atoms with van der Waals surface area (Å²) in [5.41, 5.74) is 0.604. The van der Waals surface area contributed by atoms with Crippen LogP contribution in [0.15, 0.2) is 18.3 Å². The Bertz CT molecular complexity index is 414. The molecule has 0 radical (unpaired) electrons. The van der Waals surface area contributed by atoms with Gasteiger partial charge in [0.05, 0.1) is 11.6 Å². The van der Waals surface area contributed by atoms with E-state index in [1.54, 1.807) is 18.3 Å². The summed E-state index contributed by atoms with van der Waals surface area (Å²) in [6, 6.07) is 5.51. The summed E-state index contributed by atoms with van der Waals surface area (Å²) in [7, 11) is 0. The monoisotopic (exact) mass is 230 g/mol. The van der Waals surface area contributed by atoms with Gasteiger partial charge in [0.15, 0.2) is 0 Å². The predicted octanol–water partition coefficient (Wildman–Crippen LogP) is 3.16. The maximum atomic E-state index is 8.82. The predicted molar refractivity (Wildman–Crippen MR) is 65.5 cm³/mol. The SMILES string of the molecule is CC1CC(C)CC(Oc2cc(C#N)ccn2)C1. The molecule has 0 saturated heterocycles. The zero-order chi connectivity index (χ0) is 12.3. The lowest BCUT2D eigenvalue weighted by Crippen LogP contribution is -2.28. The molecule has 2 unspecified atom stereocenters. The largest absolute Gasteiger partial charge is 0.474 e. The molecule has 0 aliphatic heterocycles. The van der Waals surface area contributed by atoms with Crippen LogP contribution in [0.2, 0.25) is 0 Å². The quantitative estimate of drug-likeness (QED) is 0.784. The second-order valence-electron chi connectivity index (χ2n) is 5.15. The lowest BCUT2D eigenvalue weighted by atomic mass is 9.82. The van der Waals surface area contributed by atoms with E-state index in [1.807, 2.05) is 0 Å². The van der Waals surface area contributed by atoms with Gasteiger partial charge in [-0.2, -0.15) is 5.26 Å². The molecule has 1 fully saturated rings. The van der Waals surface area contributed by atoms with Crippen molar-refractivity contribution in [1.29, 1.82) is 5.26 Å². The van der Waals surface area contributed by atoms with Crippen LogP contribution in [-0.4, -0.2) is 11.1 Å². The molecule has 17 heavy (non-hydrogen) atoms. The number of hydrogen-bond acceptors (Lipinski definition) is 3. The molecule has 3 heteroatoms. The van der Waals surface area contributed by atoms with E-state index in [0.29, 0.717) is 23.3 Å². The van der Waals surface area contributed by atoms with Gasteiger partial charge in [-0.25, -0.2) is 4.98 Å². The van der Waals surface area contributed by atoms with Crippen LogP contribution in [0.4, 0.5) is 0 Å². The summed E-state index contributed by atoms with van der Waals surface area (Å²) < 4.78 is 5.88. The van der Waals surface area contributed by atoms with E-state index >= 15 is 0 Å². The third kappa shape index (κ3) is 3.20. The lowest BCUT2D eigenvalue weighted by Gasteiger charge is -2.31. The Hall–Kier alpha value is -1.56. The van der Waals surface area contributed by atoms with Crippen molar-refractivity contribution in [1.82, 2.24) is 4.98 Å². The topological polar surface area (TPSA) is 45.9 Å². The van der Waals surface area contributed by atoms with Crippen LogP contribution >= 0.6 is 0 Å². The summed E-state index contributed by atoms with van der Waals surface area (Å²) in [5, 5.41) is 8.82. The molecule has 2 rings (SSSR count). The molecule has 1 saturated carbocycles. The first kappa shape index (κ1) is 11.9. The van der Waals surface area contributed by atoms with Crippen molar-refractivity contribution in [2.75, 3.05) is 0 Å². The summed E-state index contributed by atoms with van der Waals surface area (Å²) in [5.74, 6) is 2.00. The minimum atomic E-state index is 0.246. The maximum absolute atomic E-state index is 8.82. The molecule has 0 amide bonds. The highest BCUT2D eigenvalue weighted by Gasteiger charge is 2.25. The summed E-state index contributed by atoms with van der Waals surface area (Å²) in [4.78, 5) is 4.16. The average Bonchev–Trinajstić information content (AvgIpc) is 2.28. The smallest absolute Gasteiger partial charge is 0.214 e. The number of aromatic nitrogens is 1. The third-order valence-corrected chi connectivity index (χ3v) is 3.29. The number of nitrogens with zero attached hydrogens (tertiary/aromatic N) is 2. The highest BCUT2D eigenvalue weighted by Crippen LogP contribution is 2.30. The first-order valence-corrected chi connectivity index (χ1v) is 6.20. The normalized spacial score (nSPS) is 28.4. The molecule has 0 bridgehead atoms. The Morgan fingerprint density at radius 3 is 2.65 bits per heavy atom. The first-order chi connectivity index (χ1) is 8.17. The van der Waals surface area contributed by atoms with E-state index in [0.717, 1.165) is 12.8 Å². The molecular formula is C14H18N2O. The molecule has 2 atom stereocenters. The van der Waals surface area contributed by atoms with Crippen LogP contribution in [0.1, 0.15) is 38.7 Å². The fraction of sp³-hybridized carbons (Fsp3) is 0.571. The van der Waals surface area contributed by atoms with Gasteiger partial charge in [0.25, 0.3) is 0 Å². The van der Waals surface area contributed by atoms with Crippen molar-refractivity contribution in [2.24, 2.45) is 11.8 Å². The van der Waals surface area contributed by atoms with Crippen molar-refractivity contribution in [3.05, 3.63) is 23.9 Å². The molecule has 1 aromatic rings. The third-order valence-electron chi connectivity index (χ3n) is 3.29. The van der Waals surface area contributed by atoms with Crippen molar-refractivity contribution in [2.45, 2.75) is 39.2 Å². The van der Waals surface area contributed by atoms with E-state index in [2.05, 4.69) is 24.9 Å². The summed E-state index contributed by atoms with van der Waals surface area (Å²) in [6.45, 7) is 4.54. The van der Waals surface area contributed by atoms with E-state index in [-0.39, 0.29) is 6.10 Å². The second-order valence-corrected chi connectivity index (χ2v) is 5.15. The fourth-order valence-electron chi connectivity index (χ4n) is 2.68. The van der Waals surface area contributed by atoms with Crippen molar-refractivity contribution < 1.29 is 4.74 Å². The highest BCUT2D eigenvalue weighted by atomic mass is 16.5. The number of rotatable bonds is 2. The molecule has 0 spiro atoms. The van der Waals surface area contributed by atoms with Gasteiger partial charge in [0, 0.05) is 12.3 Å². The van der Waals surface area contributed by atoms with Gasteiger partial charge in [-0.3, -0.25) is 0 Å². The molecule has 1 aliphatic rings. The second kappa shape index (κ2) is 5.18. The van der Waals surface area contributed by atoms with Crippen molar-refractivity contribution >= 4 is 0 Å². The van der Waals surface area contributed by atoms with Gasteiger partial charge in [0.1, 0.15) is 6.10 Å². The van der Waals surface area contributed by atoms with Crippen LogP contribution in [-0.2, 0) is 0 Å². The molecule has 1 aliphatic carbocycles. The molecule has 90 valence electrons. The van der Waals surface area contributed by atoms with Crippen LogP contribution in [0.5, 0.6) is 5.88 Å². The Kier molecular flexibility index (Phi) is 3.63. The summed E-state index contributed by atoms with van der Waals surface area (Å²) in [6.07, 6.45) is 5.33. The zero-order valence-corrected chi connectivity index (χ0v) is 10.4. The van der Waals surface area contributed by atoms with Gasteiger partial charge < -0.3 is 4.74 Å². The van der Waals surface area contributed by atoms with Crippen LogP contribution in [0.25, 0.3) is 0 Å². The standard InChI is InChI=1S/C14H18N2O/c1-10-5-11(2)7-13(6-10)17-14-8-12(9-15)3-4-16-14/h3-4,8,10-11,13H,5-7H2,1-2H3. The Labute approximate surface area is 102 Å². The van der Waals surface area contributed by atoms with E-state index < -0.39 is 0 Å². The van der Waals surface area contributed by atoms with E-state index in [9.17, 15) is 0 Å². The average molecular weight is 230 g/mol. The highest BCUT2D eigenvalue weighted by molar-refractivity contribution is 5.31. The van der Waals surface area contributed by atoms with Crippen molar-refractivity contribution in [3.63, 3.8) is 0 Å². The maximum Gasteiger partial charge on any atom is 0.214 e. The van der Waals surface area contributed by atoms with Gasteiger partial charge in [-0.05, 0) is 37.2 Å². The van der Waals surface area contributed by atoms with Crippen LogP contribution in [0, 0.1) is 23.2 Å². The van der Waals surface area contributed by atoms with E-state index in [4.69, 9.17) is 10.00 Å². The first-order valence-electron chi connectivity index (χ1n) is 6.20. The molecule has 0 aromatic carbocycles. The molecule has 3 nitrogen and oxygen atoms in total. The van der Waals surface area contributed by atoms with Crippen molar-refractivity contribution in [3.8, 4) is 11.9 Å². The number of pyridine rings is 1. The Morgan fingerprint density at radius 1 is 1.29 bits per heavy atom. The Morgan fingerprint density at radius 2 is 2.00 bits per heavy atom. The molecular weight excluding hydrogens is 212 g/mol. The zero-order valence-electron chi connectivity index (χ0n) is 10.4. The van der Waals surface area contributed by atoms with E-state index in [1.165, 1.54) is 6.42 Å². The Balaban J connectivity index is 2.02. The minimum absolute atomic E-state index is 0.246. The number of ether oxygens (including phenoxy) is 1. The van der Waals surface area contributed by atoms with Gasteiger partial charge in [0.2, 0.25) is 5.88 Å². The van der Waals surface area contributed by atoms with Gasteiger partial charge in [-0.15, -0.1) is 0 Å². The minimum Gasteiger partial charge on any atom is -0.474 e. The fourth-order valence-corrected chi connectivity index (χ4v) is 2.68. The van der Waals surface area contributed by atoms with Gasteiger partial charge >= 0.3 is 0 Å². The molecule has 1 aromatic heterocycles. The van der Waals surface area contributed by atoms with Crippen LogP contribution < -0.4 is 4.74 Å². The lowest BCUT2D eigenvalue weighted by molar-refractivity contribution is 0.0967.